The first kappa shape index (κ1) is 16.4. The van der Waals surface area contributed by atoms with E-state index in [1.54, 1.807) is 17.5 Å². The number of carboxylic acids is 1. The molecule has 0 aliphatic carbocycles. The lowest BCUT2D eigenvalue weighted by Crippen LogP contribution is -2.35. The summed E-state index contributed by atoms with van der Waals surface area (Å²) in [4.78, 5) is 26.9. The number of amides is 2. The Bertz CT molecular complexity index is 434. The van der Waals surface area contributed by atoms with Gasteiger partial charge in [-0.05, 0) is 19.8 Å². The average Bonchev–Trinajstić information content (AvgIpc) is 2.81. The molecule has 1 heterocycles. The van der Waals surface area contributed by atoms with Crippen LogP contribution in [0.3, 0.4) is 0 Å². The third-order valence-corrected chi connectivity index (χ3v) is 3.61. The first-order valence-electron chi connectivity index (χ1n) is 6.72. The van der Waals surface area contributed by atoms with Gasteiger partial charge in [0, 0.05) is 24.0 Å². The van der Waals surface area contributed by atoms with E-state index in [0.29, 0.717) is 19.5 Å². The van der Waals surface area contributed by atoms with Gasteiger partial charge in [0.2, 0.25) is 0 Å². The Morgan fingerprint density at radius 2 is 2.00 bits per heavy atom. The van der Waals surface area contributed by atoms with Gasteiger partial charge in [-0.25, -0.2) is 9.78 Å². The Hall–Kier alpha value is -1.63. The van der Waals surface area contributed by atoms with Crippen LogP contribution in [0.2, 0.25) is 0 Å². The molecule has 1 aromatic heterocycles. The molecule has 0 aliphatic heterocycles. The number of nitrogens with zero attached hydrogens (tertiary/aromatic N) is 1. The first-order chi connectivity index (χ1) is 9.58. The number of aryl methyl sites for hydroxylation is 1. The second kappa shape index (κ2) is 9.30. The SMILES string of the molecule is Cc1ncc(CNC(=O)NCCCCCCC(=O)O)s1. The maximum Gasteiger partial charge on any atom is 0.315 e. The van der Waals surface area contributed by atoms with E-state index in [0.717, 1.165) is 29.1 Å². The maximum absolute atomic E-state index is 11.5. The highest BCUT2D eigenvalue weighted by atomic mass is 32.1. The molecular formula is C13H21N3O3S. The molecule has 2 amide bonds. The number of carboxylic acid groups (broad SMARTS) is 1. The third-order valence-electron chi connectivity index (χ3n) is 2.70. The Kier molecular flexibility index (Phi) is 7.64. The Labute approximate surface area is 122 Å². The van der Waals surface area contributed by atoms with Crippen molar-refractivity contribution in [3.63, 3.8) is 0 Å². The zero-order valence-corrected chi connectivity index (χ0v) is 12.5. The fraction of sp³-hybridized carbons (Fsp3) is 0.615. The fourth-order valence-corrected chi connectivity index (χ4v) is 2.41. The van der Waals surface area contributed by atoms with E-state index in [4.69, 9.17) is 5.11 Å². The molecule has 7 heteroatoms. The van der Waals surface area contributed by atoms with E-state index in [-0.39, 0.29) is 12.5 Å². The van der Waals surface area contributed by atoms with Gasteiger partial charge in [-0.3, -0.25) is 4.79 Å². The van der Waals surface area contributed by atoms with Gasteiger partial charge in [0.1, 0.15) is 0 Å². The van der Waals surface area contributed by atoms with Crippen LogP contribution >= 0.6 is 11.3 Å². The molecule has 0 aromatic carbocycles. The standard InChI is InChI=1S/C13H21N3O3S/c1-10-15-8-11(20-10)9-16-13(19)14-7-5-3-2-4-6-12(17)18/h8H,2-7,9H2,1H3,(H,17,18)(H2,14,16,19). The minimum absolute atomic E-state index is 0.179. The topological polar surface area (TPSA) is 91.3 Å². The summed E-state index contributed by atoms with van der Waals surface area (Å²) in [6, 6.07) is -0.179. The van der Waals surface area contributed by atoms with Crippen LogP contribution in [0.4, 0.5) is 4.79 Å². The molecule has 1 rings (SSSR count). The number of urea groups is 1. The number of aromatic nitrogens is 1. The van der Waals surface area contributed by atoms with E-state index >= 15 is 0 Å². The molecule has 0 unspecified atom stereocenters. The van der Waals surface area contributed by atoms with E-state index in [9.17, 15) is 9.59 Å². The number of rotatable bonds is 9. The minimum Gasteiger partial charge on any atom is -0.481 e. The van der Waals surface area contributed by atoms with Crippen molar-refractivity contribution >= 4 is 23.3 Å². The van der Waals surface area contributed by atoms with Gasteiger partial charge in [-0.15, -0.1) is 11.3 Å². The summed E-state index contributed by atoms with van der Waals surface area (Å²) >= 11 is 1.57. The Balaban J connectivity index is 1.96. The minimum atomic E-state index is -0.749. The fourth-order valence-electron chi connectivity index (χ4n) is 1.67. The van der Waals surface area contributed by atoms with Crippen LogP contribution in [-0.2, 0) is 11.3 Å². The van der Waals surface area contributed by atoms with Crippen molar-refractivity contribution in [3.8, 4) is 0 Å². The summed E-state index contributed by atoms with van der Waals surface area (Å²) < 4.78 is 0. The smallest absolute Gasteiger partial charge is 0.315 e. The Morgan fingerprint density at radius 1 is 1.25 bits per heavy atom. The molecule has 0 aliphatic rings. The average molecular weight is 299 g/mol. The van der Waals surface area contributed by atoms with E-state index in [1.165, 1.54) is 0 Å². The molecule has 0 atom stereocenters. The van der Waals surface area contributed by atoms with Crippen LogP contribution in [0.25, 0.3) is 0 Å². The number of carbonyl (C=O) groups is 2. The van der Waals surface area contributed by atoms with Crippen LogP contribution in [0.15, 0.2) is 6.20 Å². The van der Waals surface area contributed by atoms with Gasteiger partial charge in [0.25, 0.3) is 0 Å². The molecule has 0 bridgehead atoms. The van der Waals surface area contributed by atoms with Crippen molar-refractivity contribution in [2.45, 2.75) is 45.6 Å². The summed E-state index contributed by atoms with van der Waals surface area (Å²) in [5.74, 6) is -0.749. The summed E-state index contributed by atoms with van der Waals surface area (Å²) in [6.07, 6.45) is 5.38. The molecular weight excluding hydrogens is 278 g/mol. The number of nitrogens with one attached hydrogen (secondary N) is 2. The van der Waals surface area contributed by atoms with Crippen LogP contribution in [-0.4, -0.2) is 28.6 Å². The lowest BCUT2D eigenvalue weighted by Gasteiger charge is -2.06. The summed E-state index contributed by atoms with van der Waals surface area (Å²) in [6.45, 7) is 3.04. The molecule has 3 N–H and O–H groups in total. The monoisotopic (exact) mass is 299 g/mol. The highest BCUT2D eigenvalue weighted by Gasteiger charge is 2.02. The number of hydrogen-bond donors (Lipinski definition) is 3. The number of unbranched alkanes of at least 4 members (excludes halogenated alkanes) is 3. The number of carbonyl (C=O) groups excluding carboxylic acids is 1. The van der Waals surface area contributed by atoms with E-state index < -0.39 is 5.97 Å². The zero-order valence-electron chi connectivity index (χ0n) is 11.6. The maximum atomic E-state index is 11.5. The van der Waals surface area contributed by atoms with Gasteiger partial charge in [0.05, 0.1) is 11.6 Å². The molecule has 112 valence electrons. The number of hydrogen-bond acceptors (Lipinski definition) is 4. The Morgan fingerprint density at radius 3 is 2.65 bits per heavy atom. The summed E-state index contributed by atoms with van der Waals surface area (Å²) in [7, 11) is 0. The molecule has 6 nitrogen and oxygen atoms in total. The van der Waals surface area contributed by atoms with Crippen LogP contribution in [0.1, 0.15) is 42.0 Å². The van der Waals surface area contributed by atoms with E-state index in [2.05, 4.69) is 15.6 Å². The van der Waals surface area contributed by atoms with Gasteiger partial charge < -0.3 is 15.7 Å². The lowest BCUT2D eigenvalue weighted by molar-refractivity contribution is -0.137. The van der Waals surface area contributed by atoms with Crippen LogP contribution in [0, 0.1) is 6.92 Å². The lowest BCUT2D eigenvalue weighted by atomic mass is 10.1. The van der Waals surface area contributed by atoms with Crippen LogP contribution in [0.5, 0.6) is 0 Å². The van der Waals surface area contributed by atoms with Gasteiger partial charge in [-0.2, -0.15) is 0 Å². The van der Waals surface area contributed by atoms with Gasteiger partial charge in [0.15, 0.2) is 0 Å². The summed E-state index contributed by atoms with van der Waals surface area (Å²) in [5, 5.41) is 15.0. The van der Waals surface area contributed by atoms with Crippen LogP contribution < -0.4 is 10.6 Å². The molecule has 1 aromatic rings. The number of aliphatic carboxylic acids is 1. The molecule has 0 saturated carbocycles. The van der Waals surface area contributed by atoms with Crippen molar-refractivity contribution in [1.82, 2.24) is 15.6 Å². The van der Waals surface area contributed by atoms with Crippen molar-refractivity contribution < 1.29 is 14.7 Å². The second-order valence-electron chi connectivity index (χ2n) is 4.51. The highest BCUT2D eigenvalue weighted by Crippen LogP contribution is 2.10. The normalized spacial score (nSPS) is 10.2. The van der Waals surface area contributed by atoms with Crippen molar-refractivity contribution in [2.24, 2.45) is 0 Å². The summed E-state index contributed by atoms with van der Waals surface area (Å²) in [5.41, 5.74) is 0. The highest BCUT2D eigenvalue weighted by molar-refractivity contribution is 7.11. The van der Waals surface area contributed by atoms with Gasteiger partial charge >= 0.3 is 12.0 Å². The second-order valence-corrected chi connectivity index (χ2v) is 5.83. The van der Waals surface area contributed by atoms with E-state index in [1.807, 2.05) is 6.92 Å². The third kappa shape index (κ3) is 7.73. The molecule has 0 radical (unpaired) electrons. The van der Waals surface area contributed by atoms with Crippen molar-refractivity contribution in [3.05, 3.63) is 16.1 Å². The number of thiazole rings is 1. The predicted molar refractivity (Wildman–Crippen MR) is 77.8 cm³/mol. The quantitative estimate of drug-likeness (QED) is 0.610. The van der Waals surface area contributed by atoms with Gasteiger partial charge in [-0.1, -0.05) is 12.8 Å². The van der Waals surface area contributed by atoms with Crippen molar-refractivity contribution in [1.29, 1.82) is 0 Å². The predicted octanol–water partition coefficient (Wildman–Crippen LogP) is 2.29. The largest absolute Gasteiger partial charge is 0.481 e. The molecule has 20 heavy (non-hydrogen) atoms. The first-order valence-corrected chi connectivity index (χ1v) is 7.54. The zero-order chi connectivity index (χ0) is 14.8. The molecule has 0 saturated heterocycles. The van der Waals surface area contributed by atoms with Crippen molar-refractivity contribution in [2.75, 3.05) is 6.54 Å². The molecule has 0 spiro atoms. The molecule has 0 fully saturated rings.